The zero-order valence-corrected chi connectivity index (χ0v) is 14.2. The van der Waals surface area contributed by atoms with Crippen molar-refractivity contribution in [2.75, 3.05) is 19.7 Å². The predicted molar refractivity (Wildman–Crippen MR) is 89.4 cm³/mol. The van der Waals surface area contributed by atoms with Crippen LogP contribution in [0, 0.1) is 5.92 Å². The summed E-state index contributed by atoms with van der Waals surface area (Å²) >= 11 is 6.24. The Hall–Kier alpha value is -0.320. The normalized spacial score (nSPS) is 21.7. The van der Waals surface area contributed by atoms with Crippen LogP contribution in [0.1, 0.15) is 25.8 Å². The van der Waals surface area contributed by atoms with Gasteiger partial charge in [0.25, 0.3) is 0 Å². The van der Waals surface area contributed by atoms with Crippen LogP contribution in [0.25, 0.3) is 0 Å². The van der Waals surface area contributed by atoms with Gasteiger partial charge in [0.05, 0.1) is 18.3 Å². The first-order valence-corrected chi connectivity index (χ1v) is 7.67. The lowest BCUT2D eigenvalue weighted by atomic mass is 9.81. The van der Waals surface area contributed by atoms with Gasteiger partial charge in [0.15, 0.2) is 0 Å². The van der Waals surface area contributed by atoms with Crippen molar-refractivity contribution in [3.8, 4) is 0 Å². The van der Waals surface area contributed by atoms with Crippen molar-refractivity contribution in [3.05, 3.63) is 34.9 Å². The summed E-state index contributed by atoms with van der Waals surface area (Å²) < 4.78 is 5.80. The van der Waals surface area contributed by atoms with Crippen LogP contribution in [0.15, 0.2) is 24.3 Å². The number of ether oxygens (including phenoxy) is 1. The predicted octanol–water partition coefficient (Wildman–Crippen LogP) is 3.07. The van der Waals surface area contributed by atoms with E-state index in [1.807, 2.05) is 24.3 Å². The van der Waals surface area contributed by atoms with Crippen molar-refractivity contribution in [1.82, 2.24) is 5.32 Å². The number of rotatable bonds is 5. The van der Waals surface area contributed by atoms with Gasteiger partial charge < -0.3 is 15.2 Å². The Kier molecular flexibility index (Phi) is 7.45. The van der Waals surface area contributed by atoms with Crippen LogP contribution in [0.5, 0.6) is 0 Å². The highest BCUT2D eigenvalue weighted by atomic mass is 35.5. The van der Waals surface area contributed by atoms with E-state index in [2.05, 4.69) is 19.2 Å². The zero-order chi connectivity index (χ0) is 14.6. The second-order valence-electron chi connectivity index (χ2n) is 6.03. The molecule has 0 aliphatic carbocycles. The molecule has 2 unspecified atom stereocenters. The molecule has 0 bridgehead atoms. The second kappa shape index (κ2) is 8.35. The molecule has 1 aromatic carbocycles. The first-order valence-electron chi connectivity index (χ1n) is 7.29. The highest BCUT2D eigenvalue weighted by Gasteiger charge is 2.39. The molecule has 3 nitrogen and oxygen atoms in total. The van der Waals surface area contributed by atoms with Gasteiger partial charge >= 0.3 is 0 Å². The minimum atomic E-state index is -0.882. The molecule has 21 heavy (non-hydrogen) atoms. The molecule has 5 heteroatoms. The maximum absolute atomic E-state index is 11.2. The number of hydrogen-bond donors (Lipinski definition) is 2. The summed E-state index contributed by atoms with van der Waals surface area (Å²) in [5.74, 6) is 0.396. The molecule has 2 rings (SSSR count). The average Bonchev–Trinajstić information content (AvgIpc) is 2.42. The Labute approximate surface area is 138 Å². The van der Waals surface area contributed by atoms with Crippen molar-refractivity contribution in [3.63, 3.8) is 0 Å². The van der Waals surface area contributed by atoms with Crippen molar-refractivity contribution >= 4 is 24.0 Å². The van der Waals surface area contributed by atoms with E-state index in [4.69, 9.17) is 16.3 Å². The van der Waals surface area contributed by atoms with Crippen molar-refractivity contribution in [2.45, 2.75) is 38.4 Å². The van der Waals surface area contributed by atoms with Gasteiger partial charge in [-0.05, 0) is 24.0 Å². The summed E-state index contributed by atoms with van der Waals surface area (Å²) in [5.41, 5.74) is 0.0959. The molecule has 1 heterocycles. The van der Waals surface area contributed by atoms with E-state index in [1.165, 1.54) is 0 Å². The third kappa shape index (κ3) is 5.11. The summed E-state index contributed by atoms with van der Waals surface area (Å²) in [6.07, 6.45) is 1.04. The Bertz CT molecular complexity index is 436. The van der Waals surface area contributed by atoms with E-state index in [-0.39, 0.29) is 18.5 Å². The highest BCUT2D eigenvalue weighted by molar-refractivity contribution is 6.31. The van der Waals surface area contributed by atoms with Gasteiger partial charge in [-0.3, -0.25) is 0 Å². The molecule has 0 aromatic heterocycles. The fraction of sp³-hybridized carbons (Fsp3) is 0.625. The van der Waals surface area contributed by atoms with Crippen LogP contribution in [-0.2, 0) is 11.2 Å². The standard InChI is InChI=1S/C16H24ClNO2.ClH/c1-12(2)9-16(19,15-11-18-7-8-20-15)10-13-5-3-4-6-14(13)17;/h3-6,12,15,18-19H,7-11H2,1-2H3;1H. The fourth-order valence-corrected chi connectivity index (χ4v) is 3.11. The van der Waals surface area contributed by atoms with Crippen molar-refractivity contribution in [2.24, 2.45) is 5.92 Å². The minimum Gasteiger partial charge on any atom is -0.387 e. The number of benzene rings is 1. The summed E-state index contributed by atoms with van der Waals surface area (Å²) in [6.45, 7) is 6.42. The molecule has 1 saturated heterocycles. The minimum absolute atomic E-state index is 0. The van der Waals surface area contributed by atoms with Gasteiger partial charge in [-0.2, -0.15) is 0 Å². The van der Waals surface area contributed by atoms with Gasteiger partial charge in [0, 0.05) is 24.5 Å². The topological polar surface area (TPSA) is 41.5 Å². The first kappa shape index (κ1) is 18.7. The summed E-state index contributed by atoms with van der Waals surface area (Å²) in [5, 5.41) is 15.2. The van der Waals surface area contributed by atoms with Crippen LogP contribution in [-0.4, -0.2) is 36.5 Å². The van der Waals surface area contributed by atoms with E-state index in [0.29, 0.717) is 36.9 Å². The van der Waals surface area contributed by atoms with Crippen molar-refractivity contribution < 1.29 is 9.84 Å². The molecule has 0 radical (unpaired) electrons. The van der Waals surface area contributed by atoms with E-state index in [1.54, 1.807) is 0 Å². The molecule has 1 aromatic rings. The maximum Gasteiger partial charge on any atom is 0.0989 e. The zero-order valence-electron chi connectivity index (χ0n) is 12.6. The summed E-state index contributed by atoms with van der Waals surface area (Å²) in [6, 6.07) is 7.71. The molecular weight excluding hydrogens is 309 g/mol. The number of hydrogen-bond acceptors (Lipinski definition) is 3. The van der Waals surface area contributed by atoms with Gasteiger partial charge in [-0.1, -0.05) is 43.6 Å². The molecule has 0 spiro atoms. The number of halogens is 2. The molecule has 2 N–H and O–H groups in total. The number of morpholine rings is 1. The number of aliphatic hydroxyl groups is 1. The maximum atomic E-state index is 11.2. The summed E-state index contributed by atoms with van der Waals surface area (Å²) in [7, 11) is 0. The van der Waals surface area contributed by atoms with Crippen LogP contribution in [0.2, 0.25) is 5.02 Å². The van der Waals surface area contributed by atoms with Crippen LogP contribution in [0.3, 0.4) is 0 Å². The van der Waals surface area contributed by atoms with Crippen molar-refractivity contribution in [1.29, 1.82) is 0 Å². The largest absolute Gasteiger partial charge is 0.387 e. The summed E-state index contributed by atoms with van der Waals surface area (Å²) in [4.78, 5) is 0. The van der Waals surface area contributed by atoms with E-state index < -0.39 is 5.60 Å². The second-order valence-corrected chi connectivity index (χ2v) is 6.44. The van der Waals surface area contributed by atoms with E-state index in [9.17, 15) is 5.11 Å². The lowest BCUT2D eigenvalue weighted by Gasteiger charge is -2.40. The Morgan fingerprint density at radius 3 is 2.71 bits per heavy atom. The molecule has 1 fully saturated rings. The molecule has 1 aliphatic rings. The lowest BCUT2D eigenvalue weighted by Crippen LogP contribution is -2.55. The molecule has 120 valence electrons. The monoisotopic (exact) mass is 333 g/mol. The fourth-order valence-electron chi connectivity index (χ4n) is 2.91. The van der Waals surface area contributed by atoms with Crippen LogP contribution >= 0.6 is 24.0 Å². The molecule has 0 amide bonds. The third-order valence-electron chi connectivity index (χ3n) is 3.74. The molecule has 1 aliphatic heterocycles. The SMILES string of the molecule is CC(C)CC(O)(Cc1ccccc1Cl)C1CNCCO1.Cl. The van der Waals surface area contributed by atoms with Gasteiger partial charge in [-0.25, -0.2) is 0 Å². The first-order chi connectivity index (χ1) is 9.51. The quantitative estimate of drug-likeness (QED) is 0.870. The number of nitrogens with one attached hydrogen (secondary N) is 1. The smallest absolute Gasteiger partial charge is 0.0989 e. The van der Waals surface area contributed by atoms with E-state index >= 15 is 0 Å². The third-order valence-corrected chi connectivity index (χ3v) is 4.11. The Balaban J connectivity index is 0.00000220. The average molecular weight is 334 g/mol. The highest BCUT2D eigenvalue weighted by Crippen LogP contribution is 2.30. The van der Waals surface area contributed by atoms with Gasteiger partial charge in [0.2, 0.25) is 0 Å². The molecule has 2 atom stereocenters. The van der Waals surface area contributed by atoms with Crippen LogP contribution in [0.4, 0.5) is 0 Å². The van der Waals surface area contributed by atoms with Crippen LogP contribution < -0.4 is 5.32 Å². The Morgan fingerprint density at radius 1 is 1.43 bits per heavy atom. The molecule has 0 saturated carbocycles. The van der Waals surface area contributed by atoms with Gasteiger partial charge in [-0.15, -0.1) is 12.4 Å². The van der Waals surface area contributed by atoms with E-state index in [0.717, 1.165) is 12.1 Å². The molecular formula is C16H25Cl2NO2. The van der Waals surface area contributed by atoms with Gasteiger partial charge in [0.1, 0.15) is 0 Å². The Morgan fingerprint density at radius 2 is 2.14 bits per heavy atom. The lowest BCUT2D eigenvalue weighted by molar-refractivity contribution is -0.127.